The topological polar surface area (TPSA) is 49.8 Å². The van der Waals surface area contributed by atoms with Gasteiger partial charge in [-0.05, 0) is 24.1 Å². The lowest BCUT2D eigenvalue weighted by Gasteiger charge is -2.36. The summed E-state index contributed by atoms with van der Waals surface area (Å²) in [6.45, 7) is 2.67. The van der Waals surface area contributed by atoms with E-state index in [0.717, 1.165) is 37.0 Å². The van der Waals surface area contributed by atoms with Crippen molar-refractivity contribution in [1.29, 1.82) is 0 Å². The number of amides is 1. The number of hydrogen-bond acceptors (Lipinski definition) is 3. The van der Waals surface area contributed by atoms with Gasteiger partial charge in [-0.2, -0.15) is 0 Å². The van der Waals surface area contributed by atoms with Gasteiger partial charge in [0.25, 0.3) is 0 Å². The molecular weight excluding hydrogens is 266 g/mol. The number of aliphatic hydroxyl groups is 1. The monoisotopic (exact) mass is 291 g/mol. The number of likely N-dealkylation sites (tertiary alicyclic amines) is 1. The van der Waals surface area contributed by atoms with E-state index in [0.29, 0.717) is 13.0 Å². The Morgan fingerprint density at radius 2 is 2.24 bits per heavy atom. The fraction of sp³-hybridized carbons (Fsp3) is 0.588. The summed E-state index contributed by atoms with van der Waals surface area (Å²) in [7, 11) is 1.80. The van der Waals surface area contributed by atoms with Gasteiger partial charge in [-0.1, -0.05) is 38.3 Å². The molecule has 0 bridgehead atoms. The second kappa shape index (κ2) is 7.46. The zero-order valence-corrected chi connectivity index (χ0v) is 12.9. The van der Waals surface area contributed by atoms with E-state index in [1.54, 1.807) is 11.9 Å². The third kappa shape index (κ3) is 4.21. The number of likely N-dealkylation sites (N-methyl/N-ethyl adjacent to an activating group) is 1. The lowest BCUT2D eigenvalue weighted by molar-refractivity contribution is -0.144. The molecule has 2 rings (SSSR count). The van der Waals surface area contributed by atoms with Crippen molar-refractivity contribution in [2.75, 3.05) is 13.7 Å². The normalized spacial score (nSPS) is 19.3. The average molecular weight is 291 g/mol. The van der Waals surface area contributed by atoms with Crippen molar-refractivity contribution < 1.29 is 14.6 Å². The van der Waals surface area contributed by atoms with Gasteiger partial charge in [-0.25, -0.2) is 0 Å². The number of benzene rings is 1. The molecular formula is C17H25NO3. The Hall–Kier alpha value is -1.55. The van der Waals surface area contributed by atoms with Crippen LogP contribution in [0.2, 0.25) is 0 Å². The predicted octanol–water partition coefficient (Wildman–Crippen LogP) is 2.91. The molecule has 1 aliphatic rings. The second-order valence-electron chi connectivity index (χ2n) is 5.76. The Balaban J connectivity index is 1.84. The third-order valence-electron chi connectivity index (χ3n) is 4.12. The molecule has 2 unspecified atom stereocenters. The molecule has 1 saturated heterocycles. The molecule has 0 aliphatic carbocycles. The van der Waals surface area contributed by atoms with E-state index < -0.39 is 6.10 Å². The Kier molecular flexibility index (Phi) is 5.62. The maximum absolute atomic E-state index is 11.2. The molecule has 1 aliphatic heterocycles. The Morgan fingerprint density at radius 3 is 2.90 bits per heavy atom. The average Bonchev–Trinajstić information content (AvgIpc) is 2.51. The van der Waals surface area contributed by atoms with Crippen LogP contribution < -0.4 is 4.74 Å². The number of aliphatic hydroxyl groups excluding tert-OH is 1. The van der Waals surface area contributed by atoms with Crippen molar-refractivity contribution in [3.05, 3.63) is 29.8 Å². The van der Waals surface area contributed by atoms with Crippen molar-refractivity contribution in [3.63, 3.8) is 0 Å². The minimum atomic E-state index is -0.423. The number of β-lactam (4-membered cyclic amide) rings is 1. The molecule has 4 nitrogen and oxygen atoms in total. The van der Waals surface area contributed by atoms with Gasteiger partial charge >= 0.3 is 0 Å². The summed E-state index contributed by atoms with van der Waals surface area (Å²) in [6.07, 6.45) is 4.27. The number of ether oxygens (including phenoxy) is 1. The minimum absolute atomic E-state index is 0.170. The van der Waals surface area contributed by atoms with E-state index in [2.05, 4.69) is 6.92 Å². The van der Waals surface area contributed by atoms with Gasteiger partial charge in [0.15, 0.2) is 0 Å². The standard InChI is InChI=1S/C17H25NO3/c1-3-4-5-9-16(19)13-7-6-8-15(10-13)21-12-14-11-17(20)18(14)2/h6-8,10,14,16,19H,3-5,9,11-12H2,1-2H3. The van der Waals surface area contributed by atoms with Crippen molar-refractivity contribution in [1.82, 2.24) is 4.90 Å². The zero-order valence-electron chi connectivity index (χ0n) is 12.9. The van der Waals surface area contributed by atoms with Crippen molar-refractivity contribution in [2.45, 2.75) is 51.2 Å². The van der Waals surface area contributed by atoms with Crippen molar-refractivity contribution in [3.8, 4) is 5.75 Å². The van der Waals surface area contributed by atoms with Gasteiger partial charge in [-0.3, -0.25) is 4.79 Å². The summed E-state index contributed by atoms with van der Waals surface area (Å²) in [5.41, 5.74) is 0.904. The van der Waals surface area contributed by atoms with E-state index >= 15 is 0 Å². The maximum Gasteiger partial charge on any atom is 0.224 e. The summed E-state index contributed by atoms with van der Waals surface area (Å²) in [4.78, 5) is 12.9. The first-order valence-corrected chi connectivity index (χ1v) is 7.78. The Morgan fingerprint density at radius 1 is 1.43 bits per heavy atom. The number of hydrogen-bond donors (Lipinski definition) is 1. The Labute approximate surface area is 126 Å². The fourth-order valence-corrected chi connectivity index (χ4v) is 2.50. The van der Waals surface area contributed by atoms with E-state index in [9.17, 15) is 9.90 Å². The molecule has 21 heavy (non-hydrogen) atoms. The molecule has 0 aromatic heterocycles. The van der Waals surface area contributed by atoms with Crippen molar-refractivity contribution >= 4 is 5.91 Å². The lowest BCUT2D eigenvalue weighted by atomic mass is 10.0. The van der Waals surface area contributed by atoms with Gasteiger partial charge in [0.1, 0.15) is 12.4 Å². The van der Waals surface area contributed by atoms with Crippen LogP contribution >= 0.6 is 0 Å². The van der Waals surface area contributed by atoms with E-state index in [-0.39, 0.29) is 11.9 Å². The molecule has 1 aromatic carbocycles. The van der Waals surface area contributed by atoms with Crippen LogP contribution in [0.3, 0.4) is 0 Å². The van der Waals surface area contributed by atoms with Gasteiger partial charge in [-0.15, -0.1) is 0 Å². The van der Waals surface area contributed by atoms with Gasteiger partial charge in [0, 0.05) is 7.05 Å². The molecule has 116 valence electrons. The number of nitrogens with zero attached hydrogens (tertiary/aromatic N) is 1. The first-order valence-electron chi connectivity index (χ1n) is 7.78. The first kappa shape index (κ1) is 15.8. The molecule has 2 atom stereocenters. The summed E-state index contributed by atoms with van der Waals surface area (Å²) in [5.74, 6) is 0.929. The van der Waals surface area contributed by atoms with Gasteiger partial charge in [0.2, 0.25) is 5.91 Å². The quantitative estimate of drug-likeness (QED) is 0.592. The number of carbonyl (C=O) groups excluding carboxylic acids is 1. The van der Waals surface area contributed by atoms with E-state index in [4.69, 9.17) is 4.74 Å². The molecule has 1 aromatic rings. The number of carbonyl (C=O) groups is 1. The summed E-state index contributed by atoms with van der Waals surface area (Å²) in [5, 5.41) is 10.2. The Bertz CT molecular complexity index is 475. The van der Waals surface area contributed by atoms with Crippen LogP contribution in [0, 0.1) is 0 Å². The molecule has 0 radical (unpaired) electrons. The summed E-state index contributed by atoms with van der Waals surface area (Å²) >= 11 is 0. The van der Waals surface area contributed by atoms with Crippen LogP contribution in [0.4, 0.5) is 0 Å². The van der Waals surface area contributed by atoms with Gasteiger partial charge < -0.3 is 14.7 Å². The summed E-state index contributed by atoms with van der Waals surface area (Å²) < 4.78 is 5.74. The fourth-order valence-electron chi connectivity index (χ4n) is 2.50. The molecule has 4 heteroatoms. The van der Waals surface area contributed by atoms with Crippen LogP contribution in [0.1, 0.15) is 50.7 Å². The predicted molar refractivity (Wildman–Crippen MR) is 82.2 cm³/mol. The highest BCUT2D eigenvalue weighted by Gasteiger charge is 2.33. The second-order valence-corrected chi connectivity index (χ2v) is 5.76. The molecule has 0 saturated carbocycles. The minimum Gasteiger partial charge on any atom is -0.491 e. The lowest BCUT2D eigenvalue weighted by Crippen LogP contribution is -2.52. The largest absolute Gasteiger partial charge is 0.491 e. The number of rotatable bonds is 8. The van der Waals surface area contributed by atoms with E-state index in [1.165, 1.54) is 0 Å². The molecule has 1 fully saturated rings. The highest BCUT2D eigenvalue weighted by Crippen LogP contribution is 2.24. The first-order chi connectivity index (χ1) is 10.1. The highest BCUT2D eigenvalue weighted by molar-refractivity contribution is 5.82. The number of unbranched alkanes of at least 4 members (excludes halogenated alkanes) is 2. The van der Waals surface area contributed by atoms with Crippen LogP contribution in [-0.2, 0) is 4.79 Å². The molecule has 1 amide bonds. The smallest absolute Gasteiger partial charge is 0.224 e. The maximum atomic E-state index is 11.2. The SMILES string of the molecule is CCCCCC(O)c1cccc(OCC2CC(=O)N2C)c1. The molecule has 1 N–H and O–H groups in total. The molecule has 0 spiro atoms. The van der Waals surface area contributed by atoms with Crippen LogP contribution in [0.5, 0.6) is 5.75 Å². The zero-order chi connectivity index (χ0) is 15.2. The van der Waals surface area contributed by atoms with E-state index in [1.807, 2.05) is 24.3 Å². The third-order valence-corrected chi connectivity index (χ3v) is 4.12. The van der Waals surface area contributed by atoms with Crippen molar-refractivity contribution in [2.24, 2.45) is 0 Å². The van der Waals surface area contributed by atoms with Crippen LogP contribution in [0.25, 0.3) is 0 Å². The molecule has 1 heterocycles. The highest BCUT2D eigenvalue weighted by atomic mass is 16.5. The summed E-state index contributed by atoms with van der Waals surface area (Å²) in [6, 6.07) is 7.81. The van der Waals surface area contributed by atoms with Gasteiger partial charge in [0.05, 0.1) is 18.6 Å². The van der Waals surface area contributed by atoms with Crippen LogP contribution in [-0.4, -0.2) is 35.6 Å². The van der Waals surface area contributed by atoms with Crippen LogP contribution in [0.15, 0.2) is 24.3 Å².